The number of thiophene rings is 1. The van der Waals surface area contributed by atoms with Gasteiger partial charge in [0.05, 0.1) is 0 Å². The van der Waals surface area contributed by atoms with Crippen molar-refractivity contribution in [2.24, 2.45) is 5.92 Å². The van der Waals surface area contributed by atoms with Crippen molar-refractivity contribution in [2.45, 2.75) is 25.6 Å². The molecule has 2 N–H and O–H groups in total. The molecule has 0 aliphatic carbocycles. The molecule has 1 heterocycles. The van der Waals surface area contributed by atoms with Gasteiger partial charge in [0.25, 0.3) is 0 Å². The summed E-state index contributed by atoms with van der Waals surface area (Å²) in [6.45, 7) is 1.22. The zero-order valence-electron chi connectivity index (χ0n) is 9.70. The molecule has 0 saturated heterocycles. The summed E-state index contributed by atoms with van der Waals surface area (Å²) in [4.78, 5) is 11.5. The van der Waals surface area contributed by atoms with Gasteiger partial charge < -0.3 is 10.4 Å². The van der Waals surface area contributed by atoms with Crippen LogP contribution in [0.5, 0.6) is 0 Å². The fraction of sp³-hybridized carbons (Fsp3) is 0.545. The fourth-order valence-electron chi connectivity index (χ4n) is 1.54. The van der Waals surface area contributed by atoms with Gasteiger partial charge in [0.15, 0.2) is 5.92 Å². The molecule has 0 aliphatic heterocycles. The summed E-state index contributed by atoms with van der Waals surface area (Å²) in [6, 6.07) is 3.38. The molecule has 3 nitrogen and oxygen atoms in total. The molecule has 0 bridgehead atoms. The van der Waals surface area contributed by atoms with Crippen LogP contribution in [0.1, 0.15) is 24.3 Å². The third-order valence-electron chi connectivity index (χ3n) is 2.56. The normalized spacial score (nSPS) is 15.3. The Morgan fingerprint density at radius 1 is 1.56 bits per heavy atom. The lowest BCUT2D eigenvalue weighted by Gasteiger charge is -2.20. The zero-order chi connectivity index (χ0) is 13.8. The molecular formula is C11H14F3NO2S. The van der Waals surface area contributed by atoms with Gasteiger partial charge in [-0.25, -0.2) is 0 Å². The molecule has 0 aliphatic rings. The number of carbonyl (C=O) groups is 1. The smallest absolute Gasteiger partial charge is 0.403 e. The van der Waals surface area contributed by atoms with E-state index in [-0.39, 0.29) is 6.04 Å². The Morgan fingerprint density at radius 2 is 2.22 bits per heavy atom. The molecule has 0 spiro atoms. The van der Waals surface area contributed by atoms with Crippen molar-refractivity contribution in [3.05, 3.63) is 22.4 Å². The lowest BCUT2D eigenvalue weighted by Crippen LogP contribution is -2.40. The summed E-state index contributed by atoms with van der Waals surface area (Å²) < 4.78 is 37.3. The number of hydrogen-bond donors (Lipinski definition) is 2. The number of nitrogens with one attached hydrogen (secondary N) is 1. The molecule has 0 amide bonds. The van der Waals surface area contributed by atoms with Crippen LogP contribution in [0.3, 0.4) is 0 Å². The van der Waals surface area contributed by atoms with Gasteiger partial charge in [-0.3, -0.25) is 4.79 Å². The van der Waals surface area contributed by atoms with E-state index in [1.54, 1.807) is 0 Å². The highest BCUT2D eigenvalue weighted by Crippen LogP contribution is 2.28. The molecule has 7 heteroatoms. The van der Waals surface area contributed by atoms with Gasteiger partial charge >= 0.3 is 12.1 Å². The van der Waals surface area contributed by atoms with Crippen molar-refractivity contribution in [3.63, 3.8) is 0 Å². The molecule has 0 saturated carbocycles. The summed E-state index contributed by atoms with van der Waals surface area (Å²) >= 11 is 1.43. The summed E-state index contributed by atoms with van der Waals surface area (Å²) in [7, 11) is 0. The first-order chi connectivity index (χ1) is 8.36. The quantitative estimate of drug-likeness (QED) is 0.842. The van der Waals surface area contributed by atoms with Crippen molar-refractivity contribution < 1.29 is 23.1 Å². The molecule has 0 radical (unpaired) electrons. The van der Waals surface area contributed by atoms with Gasteiger partial charge in [-0.15, -0.1) is 11.3 Å². The molecule has 18 heavy (non-hydrogen) atoms. The maximum Gasteiger partial charge on any atom is 0.403 e. The van der Waals surface area contributed by atoms with E-state index < -0.39 is 24.6 Å². The number of rotatable bonds is 6. The second-order valence-electron chi connectivity index (χ2n) is 3.82. The molecular weight excluding hydrogens is 267 g/mol. The van der Waals surface area contributed by atoms with Crippen molar-refractivity contribution in [3.8, 4) is 0 Å². The van der Waals surface area contributed by atoms with E-state index in [1.807, 2.05) is 24.4 Å². The van der Waals surface area contributed by atoms with Crippen molar-refractivity contribution in [1.82, 2.24) is 5.32 Å². The van der Waals surface area contributed by atoms with E-state index in [2.05, 4.69) is 5.32 Å². The largest absolute Gasteiger partial charge is 0.481 e. The highest BCUT2D eigenvalue weighted by Gasteiger charge is 2.45. The summed E-state index contributed by atoms with van der Waals surface area (Å²) in [5, 5.41) is 13.1. The summed E-state index contributed by atoms with van der Waals surface area (Å²) in [5.41, 5.74) is 0. The summed E-state index contributed by atoms with van der Waals surface area (Å²) in [5.74, 6) is -4.22. The average Bonchev–Trinajstić information content (AvgIpc) is 2.75. The van der Waals surface area contributed by atoms with Crippen LogP contribution in [0.25, 0.3) is 0 Å². The van der Waals surface area contributed by atoms with Gasteiger partial charge in [-0.2, -0.15) is 13.2 Å². The van der Waals surface area contributed by atoms with E-state index in [0.29, 0.717) is 6.42 Å². The number of hydrogen-bond acceptors (Lipinski definition) is 3. The van der Waals surface area contributed by atoms with Gasteiger partial charge in [-0.1, -0.05) is 13.0 Å². The standard InChI is InChI=1S/C11H14F3NO2S/c1-2-8(9-4-3-5-18-9)15-6-7(10(16)17)11(12,13)14/h3-5,7-8,15H,2,6H2,1H3,(H,16,17). The van der Waals surface area contributed by atoms with Crippen LogP contribution >= 0.6 is 11.3 Å². The minimum Gasteiger partial charge on any atom is -0.481 e. The van der Waals surface area contributed by atoms with Gasteiger partial charge in [0.1, 0.15) is 0 Å². The fourth-order valence-corrected chi connectivity index (χ4v) is 2.42. The van der Waals surface area contributed by atoms with Crippen molar-refractivity contribution in [1.29, 1.82) is 0 Å². The number of carboxylic acids is 1. The third kappa shape index (κ3) is 3.99. The van der Waals surface area contributed by atoms with E-state index in [0.717, 1.165) is 4.88 Å². The Hall–Kier alpha value is -1.08. The van der Waals surface area contributed by atoms with Crippen molar-refractivity contribution in [2.75, 3.05) is 6.54 Å². The monoisotopic (exact) mass is 281 g/mol. The minimum atomic E-state index is -4.73. The van der Waals surface area contributed by atoms with Gasteiger partial charge in [-0.05, 0) is 17.9 Å². The Bertz CT molecular complexity index is 378. The lowest BCUT2D eigenvalue weighted by molar-refractivity contribution is -0.192. The average molecular weight is 281 g/mol. The van der Waals surface area contributed by atoms with E-state index >= 15 is 0 Å². The van der Waals surface area contributed by atoms with E-state index in [1.165, 1.54) is 11.3 Å². The second kappa shape index (κ2) is 6.19. The van der Waals surface area contributed by atoms with Crippen LogP contribution in [0.2, 0.25) is 0 Å². The van der Waals surface area contributed by atoms with Gasteiger partial charge in [0, 0.05) is 17.5 Å². The molecule has 1 aromatic heterocycles. The molecule has 0 fully saturated rings. The minimum absolute atomic E-state index is 0.241. The van der Waals surface area contributed by atoms with Crippen molar-refractivity contribution >= 4 is 17.3 Å². The SMILES string of the molecule is CCC(NCC(C(=O)O)C(F)(F)F)c1cccs1. The van der Waals surface area contributed by atoms with Crippen LogP contribution in [0.4, 0.5) is 13.2 Å². The number of aliphatic carboxylic acids is 1. The second-order valence-corrected chi connectivity index (χ2v) is 4.80. The Labute approximate surface area is 107 Å². The molecule has 2 atom stereocenters. The van der Waals surface area contributed by atoms with E-state index in [9.17, 15) is 18.0 Å². The molecule has 1 rings (SSSR count). The zero-order valence-corrected chi connectivity index (χ0v) is 10.5. The highest BCUT2D eigenvalue weighted by molar-refractivity contribution is 7.10. The predicted octanol–water partition coefficient (Wildman–Crippen LogP) is 3.05. The Kier molecular flexibility index (Phi) is 5.15. The predicted molar refractivity (Wildman–Crippen MR) is 62.5 cm³/mol. The number of halogens is 3. The number of carboxylic acid groups (broad SMARTS) is 1. The first kappa shape index (κ1) is 15.0. The van der Waals surface area contributed by atoms with Crippen LogP contribution < -0.4 is 5.32 Å². The maximum absolute atomic E-state index is 12.4. The first-order valence-corrected chi connectivity index (χ1v) is 6.30. The Morgan fingerprint density at radius 3 is 2.61 bits per heavy atom. The van der Waals surface area contributed by atoms with Crippen LogP contribution in [0.15, 0.2) is 17.5 Å². The van der Waals surface area contributed by atoms with Crippen LogP contribution in [-0.2, 0) is 4.79 Å². The van der Waals surface area contributed by atoms with Crippen LogP contribution in [0, 0.1) is 5.92 Å². The molecule has 0 aromatic carbocycles. The first-order valence-electron chi connectivity index (χ1n) is 5.42. The van der Waals surface area contributed by atoms with E-state index in [4.69, 9.17) is 5.11 Å². The number of alkyl halides is 3. The highest BCUT2D eigenvalue weighted by atomic mass is 32.1. The molecule has 2 unspecified atom stereocenters. The topological polar surface area (TPSA) is 49.3 Å². The maximum atomic E-state index is 12.4. The Balaban J connectivity index is 2.64. The lowest BCUT2D eigenvalue weighted by atomic mass is 10.1. The third-order valence-corrected chi connectivity index (χ3v) is 3.54. The summed E-state index contributed by atoms with van der Waals surface area (Å²) in [6.07, 6.45) is -4.13. The van der Waals surface area contributed by atoms with Crippen LogP contribution in [-0.4, -0.2) is 23.8 Å². The molecule has 1 aromatic rings. The molecule has 102 valence electrons. The van der Waals surface area contributed by atoms with Gasteiger partial charge in [0.2, 0.25) is 0 Å².